The molecule has 5 heteroatoms. The van der Waals surface area contributed by atoms with Crippen LogP contribution < -0.4 is 5.32 Å². The number of carboxylic acids is 1. The molecule has 1 heterocycles. The van der Waals surface area contributed by atoms with E-state index >= 15 is 0 Å². The summed E-state index contributed by atoms with van der Waals surface area (Å²) in [4.78, 5) is 28.5. The average molecular weight is 382 g/mol. The molecule has 0 aliphatic heterocycles. The van der Waals surface area contributed by atoms with Gasteiger partial charge >= 0.3 is 5.97 Å². The van der Waals surface area contributed by atoms with Crippen molar-refractivity contribution < 1.29 is 14.7 Å². The lowest BCUT2D eigenvalue weighted by Gasteiger charge is -2.11. The van der Waals surface area contributed by atoms with E-state index in [1.807, 2.05) is 49.4 Å². The van der Waals surface area contributed by atoms with Crippen LogP contribution in [-0.4, -0.2) is 22.0 Å². The fraction of sp³-hybridized carbons (Fsp3) is 0.0417. The second-order valence-corrected chi connectivity index (χ2v) is 6.77. The summed E-state index contributed by atoms with van der Waals surface area (Å²) < 4.78 is 0. The first-order valence-electron chi connectivity index (χ1n) is 9.13. The van der Waals surface area contributed by atoms with Crippen LogP contribution in [0.5, 0.6) is 0 Å². The number of benzene rings is 3. The number of aromatic carboxylic acids is 1. The van der Waals surface area contributed by atoms with Crippen LogP contribution in [0.2, 0.25) is 0 Å². The van der Waals surface area contributed by atoms with Gasteiger partial charge in [-0.3, -0.25) is 4.79 Å². The van der Waals surface area contributed by atoms with E-state index in [2.05, 4.69) is 10.3 Å². The Bertz CT molecular complexity index is 1230. The predicted molar refractivity (Wildman–Crippen MR) is 113 cm³/mol. The quantitative estimate of drug-likeness (QED) is 0.511. The van der Waals surface area contributed by atoms with Gasteiger partial charge in [0.1, 0.15) is 5.82 Å². The standard InChI is InChI=1S/C24H18N2O3/c1-15-6-8-16(9-7-15)19-4-2-3-5-20(19)23(27)26-22-13-11-17-14-18(24(28)29)10-12-21(17)25-22/h2-14H,1H3,(H,28,29)(H,25,26,27). The second-order valence-electron chi connectivity index (χ2n) is 6.77. The van der Waals surface area contributed by atoms with E-state index in [0.717, 1.165) is 16.7 Å². The molecule has 0 aliphatic rings. The minimum atomic E-state index is -0.989. The summed E-state index contributed by atoms with van der Waals surface area (Å²) in [6, 6.07) is 23.6. The summed E-state index contributed by atoms with van der Waals surface area (Å²) in [5.74, 6) is -0.837. The van der Waals surface area contributed by atoms with E-state index in [4.69, 9.17) is 5.11 Å². The SMILES string of the molecule is Cc1ccc(-c2ccccc2C(=O)Nc2ccc3cc(C(=O)O)ccc3n2)cc1. The van der Waals surface area contributed by atoms with Crippen molar-refractivity contribution in [2.75, 3.05) is 5.32 Å². The number of anilines is 1. The summed E-state index contributed by atoms with van der Waals surface area (Å²) in [6.07, 6.45) is 0. The summed E-state index contributed by atoms with van der Waals surface area (Å²) >= 11 is 0. The number of fused-ring (bicyclic) bond motifs is 1. The number of rotatable bonds is 4. The van der Waals surface area contributed by atoms with Crippen LogP contribution in [-0.2, 0) is 0 Å². The summed E-state index contributed by atoms with van der Waals surface area (Å²) in [6.45, 7) is 2.02. The molecule has 0 saturated carbocycles. The van der Waals surface area contributed by atoms with Crippen molar-refractivity contribution in [3.8, 4) is 11.1 Å². The van der Waals surface area contributed by atoms with E-state index in [9.17, 15) is 9.59 Å². The molecule has 5 nitrogen and oxygen atoms in total. The zero-order valence-corrected chi connectivity index (χ0v) is 15.7. The topological polar surface area (TPSA) is 79.3 Å². The highest BCUT2D eigenvalue weighted by Crippen LogP contribution is 2.25. The lowest BCUT2D eigenvalue weighted by Crippen LogP contribution is -2.14. The number of carboxylic acid groups (broad SMARTS) is 1. The van der Waals surface area contributed by atoms with Gasteiger partial charge in [0.25, 0.3) is 5.91 Å². The van der Waals surface area contributed by atoms with Crippen molar-refractivity contribution >= 4 is 28.6 Å². The molecule has 0 saturated heterocycles. The highest BCUT2D eigenvalue weighted by atomic mass is 16.4. The van der Waals surface area contributed by atoms with Crippen molar-refractivity contribution in [3.05, 3.63) is 95.6 Å². The van der Waals surface area contributed by atoms with Gasteiger partial charge in [0.15, 0.2) is 0 Å². The zero-order valence-electron chi connectivity index (χ0n) is 15.7. The molecule has 1 aromatic heterocycles. The maximum atomic E-state index is 12.9. The third kappa shape index (κ3) is 3.84. The van der Waals surface area contributed by atoms with Crippen molar-refractivity contribution in [2.45, 2.75) is 6.92 Å². The summed E-state index contributed by atoms with van der Waals surface area (Å²) in [5, 5.41) is 12.6. The third-order valence-electron chi connectivity index (χ3n) is 4.71. The normalized spacial score (nSPS) is 10.7. The van der Waals surface area contributed by atoms with Crippen LogP contribution in [0.25, 0.3) is 22.0 Å². The number of hydrogen-bond donors (Lipinski definition) is 2. The van der Waals surface area contributed by atoms with E-state index in [0.29, 0.717) is 22.3 Å². The Labute approximate surface area is 167 Å². The molecule has 0 bridgehead atoms. The number of nitrogens with zero attached hydrogens (tertiary/aromatic N) is 1. The van der Waals surface area contributed by atoms with Gasteiger partial charge in [0.2, 0.25) is 0 Å². The minimum Gasteiger partial charge on any atom is -0.478 e. The molecule has 0 atom stereocenters. The van der Waals surface area contributed by atoms with Crippen LogP contribution in [0.1, 0.15) is 26.3 Å². The van der Waals surface area contributed by atoms with Crippen molar-refractivity contribution in [2.24, 2.45) is 0 Å². The van der Waals surface area contributed by atoms with Gasteiger partial charge < -0.3 is 10.4 Å². The smallest absolute Gasteiger partial charge is 0.335 e. The summed E-state index contributed by atoms with van der Waals surface area (Å²) in [5.41, 5.74) is 4.33. The van der Waals surface area contributed by atoms with Gasteiger partial charge in [0, 0.05) is 10.9 Å². The Morgan fingerprint density at radius 1 is 0.897 bits per heavy atom. The molecule has 0 fully saturated rings. The average Bonchev–Trinajstić information content (AvgIpc) is 2.74. The highest BCUT2D eigenvalue weighted by Gasteiger charge is 2.13. The molecule has 3 aromatic carbocycles. The number of carbonyl (C=O) groups is 2. The lowest BCUT2D eigenvalue weighted by molar-refractivity contribution is 0.0697. The van der Waals surface area contributed by atoms with Gasteiger partial charge in [-0.05, 0) is 54.4 Å². The Morgan fingerprint density at radius 3 is 2.41 bits per heavy atom. The first-order valence-corrected chi connectivity index (χ1v) is 9.13. The largest absolute Gasteiger partial charge is 0.478 e. The van der Waals surface area contributed by atoms with Crippen molar-refractivity contribution in [3.63, 3.8) is 0 Å². The van der Waals surface area contributed by atoms with Gasteiger partial charge in [-0.1, -0.05) is 48.0 Å². The Balaban J connectivity index is 1.64. The number of aromatic nitrogens is 1. The first-order chi connectivity index (χ1) is 14.0. The fourth-order valence-electron chi connectivity index (χ4n) is 3.18. The molecular weight excluding hydrogens is 364 g/mol. The number of pyridine rings is 1. The molecule has 1 amide bonds. The molecule has 4 rings (SSSR count). The number of hydrogen-bond acceptors (Lipinski definition) is 3. The predicted octanol–water partition coefficient (Wildman–Crippen LogP) is 5.16. The first kappa shape index (κ1) is 18.4. The second kappa shape index (κ2) is 7.56. The minimum absolute atomic E-state index is 0.197. The Kier molecular flexibility index (Phi) is 4.79. The lowest BCUT2D eigenvalue weighted by atomic mass is 9.98. The molecule has 0 unspecified atom stereocenters. The van der Waals surface area contributed by atoms with Crippen LogP contribution >= 0.6 is 0 Å². The third-order valence-corrected chi connectivity index (χ3v) is 4.71. The fourth-order valence-corrected chi connectivity index (χ4v) is 3.18. The molecule has 29 heavy (non-hydrogen) atoms. The number of amides is 1. The van der Waals surface area contributed by atoms with Crippen LogP contribution in [0.3, 0.4) is 0 Å². The zero-order chi connectivity index (χ0) is 20.4. The van der Waals surface area contributed by atoms with E-state index < -0.39 is 5.97 Å². The Morgan fingerprint density at radius 2 is 1.66 bits per heavy atom. The molecule has 142 valence electrons. The maximum Gasteiger partial charge on any atom is 0.335 e. The van der Waals surface area contributed by atoms with Crippen LogP contribution in [0.4, 0.5) is 5.82 Å². The van der Waals surface area contributed by atoms with E-state index in [-0.39, 0.29) is 11.5 Å². The highest BCUT2D eigenvalue weighted by molar-refractivity contribution is 6.08. The Hall–Kier alpha value is -3.99. The van der Waals surface area contributed by atoms with Gasteiger partial charge in [-0.25, -0.2) is 9.78 Å². The molecule has 0 spiro atoms. The van der Waals surface area contributed by atoms with Crippen LogP contribution in [0, 0.1) is 6.92 Å². The van der Waals surface area contributed by atoms with Crippen LogP contribution in [0.15, 0.2) is 78.9 Å². The van der Waals surface area contributed by atoms with Gasteiger partial charge in [0.05, 0.1) is 11.1 Å². The summed E-state index contributed by atoms with van der Waals surface area (Å²) in [7, 11) is 0. The van der Waals surface area contributed by atoms with E-state index in [1.54, 1.807) is 30.3 Å². The van der Waals surface area contributed by atoms with Crippen molar-refractivity contribution in [1.82, 2.24) is 4.98 Å². The molecular formula is C24H18N2O3. The molecule has 4 aromatic rings. The van der Waals surface area contributed by atoms with Gasteiger partial charge in [-0.15, -0.1) is 0 Å². The number of carbonyl (C=O) groups excluding carboxylic acids is 1. The van der Waals surface area contributed by atoms with Crippen molar-refractivity contribution in [1.29, 1.82) is 0 Å². The number of nitrogens with one attached hydrogen (secondary N) is 1. The van der Waals surface area contributed by atoms with Gasteiger partial charge in [-0.2, -0.15) is 0 Å². The molecule has 0 radical (unpaired) electrons. The number of aryl methyl sites for hydroxylation is 1. The monoisotopic (exact) mass is 382 g/mol. The van der Waals surface area contributed by atoms with E-state index in [1.165, 1.54) is 6.07 Å². The maximum absolute atomic E-state index is 12.9. The molecule has 2 N–H and O–H groups in total. The molecule has 0 aliphatic carbocycles.